The van der Waals surface area contributed by atoms with Crippen LogP contribution < -0.4 is 9.64 Å². The maximum atomic E-state index is 13.3. The van der Waals surface area contributed by atoms with Crippen LogP contribution in [-0.4, -0.2) is 101 Å². The third-order valence-electron chi connectivity index (χ3n) is 11.2. The molecule has 1 unspecified atom stereocenters. The summed E-state index contributed by atoms with van der Waals surface area (Å²) in [6.45, 7) is 5.34. The highest BCUT2D eigenvalue weighted by Gasteiger charge is 2.46. The van der Waals surface area contributed by atoms with Crippen LogP contribution in [0.3, 0.4) is 0 Å². The number of hydrogen-bond donors (Lipinski definition) is 1. The lowest BCUT2D eigenvalue weighted by molar-refractivity contribution is 0.0395. The maximum absolute atomic E-state index is 13.3. The van der Waals surface area contributed by atoms with Gasteiger partial charge in [-0.1, -0.05) is 30.3 Å². The fourth-order valence-electron chi connectivity index (χ4n) is 8.94. The summed E-state index contributed by atoms with van der Waals surface area (Å²) in [5, 5.41) is 13.6. The Morgan fingerprint density at radius 3 is 2.55 bits per heavy atom. The standard InChI is InChI=1S/C37H41N5O5/c43-28-17-24-5-1-2-6-30(24)32(19-28)25-7-10-31-33(18-25)38-35(46-23-37-12-3-14-41(37)15-4-13-37)39-34(31)40-20-26-8-9-27(21-40)42(26)36(44)47-29-11-16-45-22-29/h1-2,5-7,10,17-19,26-27,29,43H,3-4,8-9,11-16,20-23H2/t26-,27+,29?. The third-order valence-corrected chi connectivity index (χ3v) is 11.2. The molecule has 2 bridgehead atoms. The van der Waals surface area contributed by atoms with Gasteiger partial charge in [0, 0.05) is 24.9 Å². The second-order valence-corrected chi connectivity index (χ2v) is 14.0. The lowest BCUT2D eigenvalue weighted by Crippen LogP contribution is -2.56. The molecule has 10 heteroatoms. The van der Waals surface area contributed by atoms with Crippen LogP contribution in [0.15, 0.2) is 54.6 Å². The predicted molar refractivity (Wildman–Crippen MR) is 179 cm³/mol. The Hall–Kier alpha value is -4.15. The summed E-state index contributed by atoms with van der Waals surface area (Å²) in [7, 11) is 0. The van der Waals surface area contributed by atoms with Crippen molar-refractivity contribution < 1.29 is 24.1 Å². The number of carbonyl (C=O) groups is 1. The number of anilines is 1. The second-order valence-electron chi connectivity index (χ2n) is 14.0. The van der Waals surface area contributed by atoms with Crippen LogP contribution in [0.1, 0.15) is 44.9 Å². The first kappa shape index (κ1) is 29.0. The molecule has 0 spiro atoms. The van der Waals surface area contributed by atoms with E-state index in [4.69, 9.17) is 24.2 Å². The van der Waals surface area contributed by atoms with Gasteiger partial charge in [0.05, 0.1) is 36.4 Å². The predicted octanol–water partition coefficient (Wildman–Crippen LogP) is 5.74. The van der Waals surface area contributed by atoms with Gasteiger partial charge in [-0.05, 0) is 97.8 Å². The van der Waals surface area contributed by atoms with E-state index in [2.05, 4.69) is 34.1 Å². The van der Waals surface area contributed by atoms with Crippen molar-refractivity contribution in [2.24, 2.45) is 0 Å². The van der Waals surface area contributed by atoms with Gasteiger partial charge in [-0.2, -0.15) is 9.97 Å². The van der Waals surface area contributed by atoms with Gasteiger partial charge in [-0.3, -0.25) is 9.80 Å². The molecule has 4 aromatic rings. The van der Waals surface area contributed by atoms with Gasteiger partial charge in [0.2, 0.25) is 0 Å². The van der Waals surface area contributed by atoms with Crippen molar-refractivity contribution in [3.63, 3.8) is 0 Å². The van der Waals surface area contributed by atoms with Gasteiger partial charge in [0.1, 0.15) is 24.3 Å². The van der Waals surface area contributed by atoms with Crippen molar-refractivity contribution in [3.8, 4) is 22.9 Å². The van der Waals surface area contributed by atoms with Crippen molar-refractivity contribution in [2.75, 3.05) is 50.9 Å². The molecule has 5 aliphatic heterocycles. The molecule has 1 aromatic heterocycles. The van der Waals surface area contributed by atoms with Gasteiger partial charge in [0.15, 0.2) is 0 Å². The lowest BCUT2D eigenvalue weighted by atomic mass is 9.95. The van der Waals surface area contributed by atoms with E-state index in [-0.39, 0.29) is 35.6 Å². The molecule has 1 amide bonds. The quantitative estimate of drug-likeness (QED) is 0.284. The van der Waals surface area contributed by atoms with Crippen molar-refractivity contribution >= 4 is 33.6 Å². The molecule has 0 saturated carbocycles. The molecular formula is C37H41N5O5. The topological polar surface area (TPSA) is 100 Å². The summed E-state index contributed by atoms with van der Waals surface area (Å²) in [4.78, 5) is 30.3. The zero-order valence-electron chi connectivity index (χ0n) is 26.6. The second kappa shape index (κ2) is 11.5. The Morgan fingerprint density at radius 1 is 0.957 bits per heavy atom. The average molecular weight is 636 g/mol. The Kier molecular flexibility index (Phi) is 7.12. The normalized spacial score (nSPS) is 25.1. The van der Waals surface area contributed by atoms with E-state index in [0.717, 1.165) is 83.8 Å². The number of phenolic OH excluding ortho intramolecular Hbond substituents is 1. The van der Waals surface area contributed by atoms with Crippen molar-refractivity contribution in [3.05, 3.63) is 54.6 Å². The molecular weight excluding hydrogens is 594 g/mol. The Labute approximate surface area is 274 Å². The first-order valence-corrected chi connectivity index (χ1v) is 17.3. The third kappa shape index (κ3) is 5.13. The molecule has 3 aromatic carbocycles. The van der Waals surface area contributed by atoms with Crippen molar-refractivity contribution in [1.29, 1.82) is 0 Å². The summed E-state index contributed by atoms with van der Waals surface area (Å²) in [5.41, 5.74) is 2.81. The number of benzene rings is 3. The van der Waals surface area contributed by atoms with Crippen molar-refractivity contribution in [1.82, 2.24) is 19.8 Å². The molecule has 5 saturated heterocycles. The van der Waals surface area contributed by atoms with E-state index in [0.29, 0.717) is 38.9 Å². The van der Waals surface area contributed by atoms with E-state index in [9.17, 15) is 9.90 Å². The van der Waals surface area contributed by atoms with E-state index in [1.54, 1.807) is 6.07 Å². The van der Waals surface area contributed by atoms with Gasteiger partial charge in [-0.25, -0.2) is 4.79 Å². The lowest BCUT2D eigenvalue weighted by Gasteiger charge is -2.41. The summed E-state index contributed by atoms with van der Waals surface area (Å²) >= 11 is 0. The zero-order chi connectivity index (χ0) is 31.5. The zero-order valence-corrected chi connectivity index (χ0v) is 26.6. The number of fused-ring (bicyclic) bond motifs is 5. The highest BCUT2D eigenvalue weighted by Crippen LogP contribution is 2.41. The Bertz CT molecular complexity index is 1820. The molecule has 10 nitrogen and oxygen atoms in total. The first-order chi connectivity index (χ1) is 23.0. The number of phenols is 1. The number of nitrogens with zero attached hydrogens (tertiary/aromatic N) is 5. The molecule has 0 aliphatic carbocycles. The molecule has 5 fully saturated rings. The molecule has 0 radical (unpaired) electrons. The summed E-state index contributed by atoms with van der Waals surface area (Å²) in [5.74, 6) is 1.08. The Morgan fingerprint density at radius 2 is 1.77 bits per heavy atom. The van der Waals surface area contributed by atoms with E-state index < -0.39 is 0 Å². The van der Waals surface area contributed by atoms with Gasteiger partial charge in [-0.15, -0.1) is 0 Å². The fourth-order valence-corrected chi connectivity index (χ4v) is 8.94. The number of amides is 1. The highest BCUT2D eigenvalue weighted by atomic mass is 16.6. The van der Waals surface area contributed by atoms with Crippen molar-refractivity contribution in [2.45, 2.75) is 68.7 Å². The van der Waals surface area contributed by atoms with Gasteiger partial charge >= 0.3 is 12.1 Å². The van der Waals surface area contributed by atoms with Crippen LogP contribution in [0.5, 0.6) is 11.8 Å². The van der Waals surface area contributed by atoms with Gasteiger partial charge in [0.25, 0.3) is 0 Å². The van der Waals surface area contributed by atoms with Crippen LogP contribution in [-0.2, 0) is 9.47 Å². The number of aromatic nitrogens is 2. The van der Waals surface area contributed by atoms with Crippen LogP contribution in [0, 0.1) is 0 Å². The number of hydrogen-bond acceptors (Lipinski definition) is 9. The summed E-state index contributed by atoms with van der Waals surface area (Å²) < 4.78 is 17.8. The first-order valence-electron chi connectivity index (χ1n) is 17.3. The summed E-state index contributed by atoms with van der Waals surface area (Å²) in [6, 6.07) is 18.5. The van der Waals surface area contributed by atoms with Gasteiger partial charge < -0.3 is 24.2 Å². The smallest absolute Gasteiger partial charge is 0.410 e. The molecule has 244 valence electrons. The average Bonchev–Trinajstić information content (AvgIpc) is 3.87. The molecule has 47 heavy (non-hydrogen) atoms. The number of carbonyl (C=O) groups excluding carboxylic acids is 1. The number of rotatable bonds is 6. The number of aromatic hydroxyl groups is 1. The molecule has 6 heterocycles. The minimum absolute atomic E-state index is 0.0558. The van der Waals surface area contributed by atoms with E-state index in [1.165, 1.54) is 12.8 Å². The monoisotopic (exact) mass is 635 g/mol. The number of ether oxygens (including phenoxy) is 3. The van der Waals surface area contributed by atoms with Crippen LogP contribution in [0.2, 0.25) is 0 Å². The Balaban J connectivity index is 1.07. The van der Waals surface area contributed by atoms with E-state index in [1.807, 2.05) is 29.2 Å². The number of piperazine rings is 1. The van der Waals surface area contributed by atoms with Crippen LogP contribution >= 0.6 is 0 Å². The minimum atomic E-state index is -0.218. The van der Waals surface area contributed by atoms with Crippen LogP contribution in [0.25, 0.3) is 32.8 Å². The maximum Gasteiger partial charge on any atom is 0.410 e. The molecule has 1 N–H and O–H groups in total. The van der Waals surface area contributed by atoms with E-state index >= 15 is 0 Å². The van der Waals surface area contributed by atoms with Crippen LogP contribution in [0.4, 0.5) is 10.6 Å². The SMILES string of the molecule is O=C(OC1CCOC1)N1[C@@H]2CC[C@H]1CN(c1nc(OCC34CCCN3CCC4)nc3cc(-c4cc(O)cc5ccccc45)ccc13)C2. The highest BCUT2D eigenvalue weighted by molar-refractivity contribution is 6.01. The summed E-state index contributed by atoms with van der Waals surface area (Å²) in [6.07, 6.45) is 6.98. The molecule has 5 aliphatic rings. The molecule has 3 atom stereocenters. The fraction of sp³-hybridized carbons (Fsp3) is 0.486. The minimum Gasteiger partial charge on any atom is -0.508 e. The largest absolute Gasteiger partial charge is 0.508 e. The molecule has 9 rings (SSSR count).